The summed E-state index contributed by atoms with van der Waals surface area (Å²) in [6.07, 6.45) is 0.986. The molecule has 0 radical (unpaired) electrons. The second kappa shape index (κ2) is 6.14. The first-order valence-corrected chi connectivity index (χ1v) is 6.05. The number of benzene rings is 1. The van der Waals surface area contributed by atoms with Gasteiger partial charge >= 0.3 is 0 Å². The minimum Gasteiger partial charge on any atom is -0.372 e. The van der Waals surface area contributed by atoms with Crippen LogP contribution in [0.3, 0.4) is 0 Å². The van der Waals surface area contributed by atoms with Gasteiger partial charge in [0.1, 0.15) is 0 Å². The summed E-state index contributed by atoms with van der Waals surface area (Å²) in [4.78, 5) is 23.9. The Labute approximate surface area is 107 Å². The molecular formula is C13H18N2O3. The number of hydrogen-bond donors (Lipinski definition) is 0. The second-order valence-electron chi connectivity index (χ2n) is 4.09. The molecule has 0 fully saturated rings. The number of hydrogen-bond acceptors (Lipinski definition) is 4. The number of nitrogens with zero attached hydrogens (tertiary/aromatic N) is 2. The van der Waals surface area contributed by atoms with Gasteiger partial charge in [0.2, 0.25) is 0 Å². The van der Waals surface area contributed by atoms with Gasteiger partial charge in [0.25, 0.3) is 5.69 Å². The average Bonchev–Trinajstić information content (AvgIpc) is 2.35. The number of nitro benzene ring substituents is 1. The summed E-state index contributed by atoms with van der Waals surface area (Å²) >= 11 is 0. The van der Waals surface area contributed by atoms with Crippen LogP contribution in [-0.2, 0) is 0 Å². The lowest BCUT2D eigenvalue weighted by atomic mass is 10.1. The van der Waals surface area contributed by atoms with Gasteiger partial charge in [-0.2, -0.15) is 0 Å². The minimum absolute atomic E-state index is 0.126. The van der Waals surface area contributed by atoms with Crippen LogP contribution in [-0.4, -0.2) is 23.8 Å². The highest BCUT2D eigenvalue weighted by Gasteiger charge is 2.18. The number of anilines is 1. The lowest BCUT2D eigenvalue weighted by Gasteiger charge is -2.22. The van der Waals surface area contributed by atoms with Crippen LogP contribution in [0.5, 0.6) is 0 Å². The van der Waals surface area contributed by atoms with Crippen molar-refractivity contribution in [3.05, 3.63) is 33.9 Å². The number of carbonyl (C=O) groups is 1. The Balaban J connectivity index is 3.21. The molecule has 5 nitrogen and oxygen atoms in total. The van der Waals surface area contributed by atoms with E-state index >= 15 is 0 Å². The van der Waals surface area contributed by atoms with E-state index in [-0.39, 0.29) is 17.0 Å². The molecule has 0 aliphatic carbocycles. The van der Waals surface area contributed by atoms with E-state index in [1.807, 2.05) is 6.92 Å². The van der Waals surface area contributed by atoms with Gasteiger partial charge in [0.05, 0.1) is 10.5 Å². The number of Topliss-reactive ketones (excluding diaryl/α,β-unsaturated/α-hetero) is 1. The predicted molar refractivity (Wildman–Crippen MR) is 71.3 cm³/mol. The van der Waals surface area contributed by atoms with Crippen molar-refractivity contribution >= 4 is 17.2 Å². The van der Waals surface area contributed by atoms with Gasteiger partial charge in [-0.25, -0.2) is 0 Å². The first kappa shape index (κ1) is 14.2. The van der Waals surface area contributed by atoms with Crippen molar-refractivity contribution in [3.63, 3.8) is 0 Å². The van der Waals surface area contributed by atoms with E-state index in [9.17, 15) is 14.9 Å². The molecule has 0 spiro atoms. The quantitative estimate of drug-likeness (QED) is 0.442. The van der Waals surface area contributed by atoms with Crippen molar-refractivity contribution < 1.29 is 9.72 Å². The summed E-state index contributed by atoms with van der Waals surface area (Å²) in [6, 6.07) is 4.72. The van der Waals surface area contributed by atoms with Gasteiger partial charge in [-0.3, -0.25) is 14.9 Å². The van der Waals surface area contributed by atoms with E-state index in [0.717, 1.165) is 25.2 Å². The molecule has 1 rings (SSSR count). The van der Waals surface area contributed by atoms with Crippen molar-refractivity contribution in [1.29, 1.82) is 0 Å². The van der Waals surface area contributed by atoms with E-state index in [1.54, 1.807) is 12.1 Å². The van der Waals surface area contributed by atoms with Crippen molar-refractivity contribution in [2.24, 2.45) is 0 Å². The van der Waals surface area contributed by atoms with Gasteiger partial charge in [0.15, 0.2) is 5.78 Å². The summed E-state index contributed by atoms with van der Waals surface area (Å²) in [5.74, 6) is -0.281. The van der Waals surface area contributed by atoms with Crippen LogP contribution in [0.1, 0.15) is 37.6 Å². The smallest absolute Gasteiger partial charge is 0.280 e. The monoisotopic (exact) mass is 250 g/mol. The zero-order valence-corrected chi connectivity index (χ0v) is 11.0. The number of rotatable bonds is 6. The highest BCUT2D eigenvalue weighted by molar-refractivity contribution is 5.99. The van der Waals surface area contributed by atoms with E-state index in [4.69, 9.17) is 0 Å². The third-order valence-electron chi connectivity index (χ3n) is 2.80. The molecule has 5 heteroatoms. The highest BCUT2D eigenvalue weighted by Crippen LogP contribution is 2.25. The van der Waals surface area contributed by atoms with E-state index in [2.05, 4.69) is 11.8 Å². The summed E-state index contributed by atoms with van der Waals surface area (Å²) in [5, 5.41) is 10.8. The van der Waals surface area contributed by atoms with Crippen molar-refractivity contribution in [1.82, 2.24) is 0 Å². The maximum atomic E-state index is 11.5. The molecule has 0 saturated carbocycles. The fourth-order valence-corrected chi connectivity index (χ4v) is 1.90. The minimum atomic E-state index is -0.517. The van der Waals surface area contributed by atoms with Gasteiger partial charge < -0.3 is 4.90 Å². The maximum Gasteiger partial charge on any atom is 0.280 e. The molecule has 98 valence electrons. The molecule has 0 atom stereocenters. The van der Waals surface area contributed by atoms with Gasteiger partial charge in [0, 0.05) is 24.8 Å². The maximum absolute atomic E-state index is 11.5. The molecule has 0 aliphatic heterocycles. The van der Waals surface area contributed by atoms with Crippen LogP contribution in [0.4, 0.5) is 11.4 Å². The fraction of sp³-hybridized carbons (Fsp3) is 0.462. The molecule has 0 heterocycles. The van der Waals surface area contributed by atoms with Crippen LogP contribution in [0.25, 0.3) is 0 Å². The fourth-order valence-electron chi connectivity index (χ4n) is 1.90. The molecule has 0 aromatic heterocycles. The summed E-state index contributed by atoms with van der Waals surface area (Å²) in [6.45, 7) is 7.11. The third-order valence-corrected chi connectivity index (χ3v) is 2.80. The molecule has 1 aromatic carbocycles. The van der Waals surface area contributed by atoms with Crippen LogP contribution < -0.4 is 4.90 Å². The molecule has 0 N–H and O–H groups in total. The Morgan fingerprint density at radius 3 is 2.50 bits per heavy atom. The molecule has 0 unspecified atom stereocenters. The molecule has 0 bridgehead atoms. The van der Waals surface area contributed by atoms with Crippen LogP contribution >= 0.6 is 0 Å². The van der Waals surface area contributed by atoms with Crippen molar-refractivity contribution in [2.45, 2.75) is 27.2 Å². The Hall–Kier alpha value is -1.91. The zero-order chi connectivity index (χ0) is 13.7. The molecule has 0 amide bonds. The Kier molecular flexibility index (Phi) is 4.83. The second-order valence-corrected chi connectivity index (χ2v) is 4.09. The van der Waals surface area contributed by atoms with Gasteiger partial charge in [-0.15, -0.1) is 0 Å². The molecule has 18 heavy (non-hydrogen) atoms. The van der Waals surface area contributed by atoms with E-state index < -0.39 is 4.92 Å². The number of ketones is 1. The Morgan fingerprint density at radius 1 is 1.39 bits per heavy atom. The predicted octanol–water partition coefficient (Wildman–Crippen LogP) is 3.03. The number of carbonyl (C=O) groups excluding carboxylic acids is 1. The van der Waals surface area contributed by atoms with Gasteiger partial charge in [-0.1, -0.05) is 6.92 Å². The number of nitro groups is 1. The molecular weight excluding hydrogens is 232 g/mol. The molecule has 0 saturated heterocycles. The SMILES string of the molecule is CCCN(CC)c1ccc([N+](=O)[O-])c(C(C)=O)c1. The summed E-state index contributed by atoms with van der Waals surface area (Å²) < 4.78 is 0. The van der Waals surface area contributed by atoms with E-state index in [1.165, 1.54) is 13.0 Å². The lowest BCUT2D eigenvalue weighted by Crippen LogP contribution is -2.23. The van der Waals surface area contributed by atoms with Crippen molar-refractivity contribution in [3.8, 4) is 0 Å². The van der Waals surface area contributed by atoms with Crippen LogP contribution in [0.15, 0.2) is 18.2 Å². The molecule has 1 aromatic rings. The van der Waals surface area contributed by atoms with Crippen LogP contribution in [0.2, 0.25) is 0 Å². The highest BCUT2D eigenvalue weighted by atomic mass is 16.6. The van der Waals surface area contributed by atoms with E-state index in [0.29, 0.717) is 0 Å². The first-order valence-electron chi connectivity index (χ1n) is 6.05. The lowest BCUT2D eigenvalue weighted by molar-refractivity contribution is -0.385. The average molecular weight is 250 g/mol. The zero-order valence-electron chi connectivity index (χ0n) is 11.0. The topological polar surface area (TPSA) is 63.4 Å². The molecule has 0 aliphatic rings. The third kappa shape index (κ3) is 3.06. The first-order chi connectivity index (χ1) is 8.51. The Morgan fingerprint density at radius 2 is 2.06 bits per heavy atom. The standard InChI is InChI=1S/C13H18N2O3/c1-4-8-14(5-2)11-6-7-13(15(17)18)12(9-11)10(3)16/h6-7,9H,4-5,8H2,1-3H3. The summed E-state index contributed by atoms with van der Waals surface area (Å²) in [7, 11) is 0. The van der Waals surface area contributed by atoms with Crippen LogP contribution in [0, 0.1) is 10.1 Å². The normalized spacial score (nSPS) is 10.2. The summed E-state index contributed by atoms with van der Waals surface area (Å²) in [5.41, 5.74) is 0.904. The largest absolute Gasteiger partial charge is 0.372 e. The van der Waals surface area contributed by atoms with Crippen molar-refractivity contribution in [2.75, 3.05) is 18.0 Å². The Bertz CT molecular complexity index is 458. The van der Waals surface area contributed by atoms with Gasteiger partial charge in [-0.05, 0) is 32.4 Å².